The van der Waals surface area contributed by atoms with Gasteiger partial charge in [-0.25, -0.2) is 0 Å². The van der Waals surface area contributed by atoms with Crippen molar-refractivity contribution in [1.82, 2.24) is 0 Å². The van der Waals surface area contributed by atoms with Crippen LogP contribution in [0.4, 0.5) is 0 Å². The summed E-state index contributed by atoms with van der Waals surface area (Å²) in [6.07, 6.45) is -0.153. The molecule has 1 fully saturated rings. The van der Waals surface area contributed by atoms with Crippen molar-refractivity contribution in [3.8, 4) is 0 Å². The average molecular weight is 104 g/mol. The minimum Gasteiger partial charge on any atom is -0.381 e. The van der Waals surface area contributed by atoms with E-state index in [1.54, 1.807) is 0 Å². The van der Waals surface area contributed by atoms with Gasteiger partial charge in [-0.1, -0.05) is 0 Å². The Morgan fingerprint density at radius 3 is 2.43 bits per heavy atom. The number of aliphatic hydroxyl groups excluding tert-OH is 1. The first-order valence-corrected chi connectivity index (χ1v) is 2.63. The van der Waals surface area contributed by atoms with Gasteiger partial charge in [0.15, 0.2) is 12.1 Å². The van der Waals surface area contributed by atoms with Gasteiger partial charge in [0.2, 0.25) is 0 Å². The molecule has 1 heterocycles. The summed E-state index contributed by atoms with van der Waals surface area (Å²) < 4.78 is 0. The van der Waals surface area contributed by atoms with Gasteiger partial charge in [-0.15, -0.1) is 0 Å². The molecule has 7 heavy (non-hydrogen) atoms. The molecule has 0 spiro atoms. The summed E-state index contributed by atoms with van der Waals surface area (Å²) in [5.74, 6) is 0. The number of rotatable bonds is 0. The second-order valence-corrected chi connectivity index (χ2v) is 2.09. The molecule has 3 nitrogen and oxygen atoms in total. The molecule has 0 unspecified atom stereocenters. The maximum Gasteiger partial charge on any atom is 0.166 e. The first-order valence-electron chi connectivity index (χ1n) is 2.63. The summed E-state index contributed by atoms with van der Waals surface area (Å²) in [7, 11) is 0. The Labute approximate surface area is 42.5 Å². The van der Waals surface area contributed by atoms with Gasteiger partial charge < -0.3 is 16.2 Å². The molecule has 1 aliphatic rings. The molecule has 1 saturated heterocycles. The molecule has 0 aromatic rings. The highest BCUT2D eigenvalue weighted by Gasteiger charge is 2.27. The highest BCUT2D eigenvalue weighted by Crippen LogP contribution is 1.83. The van der Waals surface area contributed by atoms with E-state index in [9.17, 15) is 0 Å². The summed E-state index contributed by atoms with van der Waals surface area (Å²) in [5, 5.41) is 11.0. The molecular formula is C4H12N2O+2. The van der Waals surface area contributed by atoms with Crippen LogP contribution in [0, 0.1) is 0 Å². The predicted octanol–water partition coefficient (Wildman–Crippen LogP) is -3.47. The molecule has 3 heteroatoms. The Balaban J connectivity index is 2.33. The van der Waals surface area contributed by atoms with Crippen LogP contribution in [0.2, 0.25) is 0 Å². The van der Waals surface area contributed by atoms with Gasteiger partial charge in [-0.3, -0.25) is 0 Å². The Kier molecular flexibility index (Phi) is 1.27. The third kappa shape index (κ3) is 0.907. The average Bonchev–Trinajstić information content (AvgIpc) is 1.91. The van der Waals surface area contributed by atoms with Crippen molar-refractivity contribution in [2.24, 2.45) is 0 Å². The number of nitrogens with two attached hydrogens (primary N) is 1. The van der Waals surface area contributed by atoms with E-state index in [1.807, 2.05) is 0 Å². The third-order valence-electron chi connectivity index (χ3n) is 1.42. The first kappa shape index (κ1) is 5.03. The van der Waals surface area contributed by atoms with Crippen molar-refractivity contribution in [1.29, 1.82) is 0 Å². The normalized spacial score (nSPS) is 42.0. The Morgan fingerprint density at radius 2 is 2.29 bits per heavy atom. The van der Waals surface area contributed by atoms with E-state index in [1.165, 1.54) is 0 Å². The molecule has 42 valence electrons. The Hall–Kier alpha value is -0.120. The van der Waals surface area contributed by atoms with Crippen molar-refractivity contribution in [3.63, 3.8) is 0 Å². The molecule has 2 atom stereocenters. The number of hydrogen-bond donors (Lipinski definition) is 3. The van der Waals surface area contributed by atoms with Crippen LogP contribution >= 0.6 is 0 Å². The third-order valence-corrected chi connectivity index (χ3v) is 1.42. The van der Waals surface area contributed by atoms with Crippen molar-refractivity contribution in [2.75, 3.05) is 13.1 Å². The SMILES string of the molecule is [NH3+][C@H]1C[NH2+]C[C@H]1O. The minimum atomic E-state index is -0.153. The van der Waals surface area contributed by atoms with Crippen LogP contribution in [0.15, 0.2) is 0 Å². The lowest BCUT2D eigenvalue weighted by atomic mass is 10.2. The zero-order valence-electron chi connectivity index (χ0n) is 4.30. The van der Waals surface area contributed by atoms with Crippen LogP contribution in [0.3, 0.4) is 0 Å². The predicted molar refractivity (Wildman–Crippen MR) is 24.3 cm³/mol. The maximum atomic E-state index is 8.90. The molecule has 0 radical (unpaired) electrons. The summed E-state index contributed by atoms with van der Waals surface area (Å²) in [5.41, 5.74) is 3.74. The Bertz CT molecular complexity index is 58.7. The van der Waals surface area contributed by atoms with Crippen molar-refractivity contribution >= 4 is 0 Å². The van der Waals surface area contributed by atoms with Crippen LogP contribution in [0.25, 0.3) is 0 Å². The van der Waals surface area contributed by atoms with E-state index in [2.05, 4.69) is 11.1 Å². The highest BCUT2D eigenvalue weighted by atomic mass is 16.3. The second-order valence-electron chi connectivity index (χ2n) is 2.09. The molecule has 1 rings (SSSR count). The van der Waals surface area contributed by atoms with Crippen molar-refractivity contribution < 1.29 is 16.2 Å². The second kappa shape index (κ2) is 1.78. The fourth-order valence-corrected chi connectivity index (χ4v) is 0.831. The quantitative estimate of drug-likeness (QED) is 0.294. The van der Waals surface area contributed by atoms with Crippen molar-refractivity contribution in [3.05, 3.63) is 0 Å². The molecule has 0 saturated carbocycles. The smallest absolute Gasteiger partial charge is 0.166 e. The molecule has 0 amide bonds. The summed E-state index contributed by atoms with van der Waals surface area (Å²) >= 11 is 0. The van der Waals surface area contributed by atoms with Crippen LogP contribution in [0.5, 0.6) is 0 Å². The van der Waals surface area contributed by atoms with E-state index in [0.29, 0.717) is 0 Å². The highest BCUT2D eigenvalue weighted by molar-refractivity contribution is 4.65. The van der Waals surface area contributed by atoms with Gasteiger partial charge >= 0.3 is 0 Å². The standard InChI is InChI=1S/C4H10N2O/c5-3-1-6-2-4(3)7/h3-4,6-7H,1-2,5H2/p+2/t3-,4+/m0/s1. The minimum absolute atomic E-state index is 0.153. The van der Waals surface area contributed by atoms with Gasteiger partial charge in [-0.05, 0) is 0 Å². The van der Waals surface area contributed by atoms with Gasteiger partial charge in [0.05, 0.1) is 0 Å². The first-order chi connectivity index (χ1) is 3.30. The lowest BCUT2D eigenvalue weighted by Gasteiger charge is -1.95. The van der Waals surface area contributed by atoms with Gasteiger partial charge in [0.1, 0.15) is 13.1 Å². The van der Waals surface area contributed by atoms with E-state index >= 15 is 0 Å². The Morgan fingerprint density at radius 1 is 1.57 bits per heavy atom. The van der Waals surface area contributed by atoms with E-state index < -0.39 is 0 Å². The molecular weight excluding hydrogens is 92.1 g/mol. The summed E-state index contributed by atoms with van der Waals surface area (Å²) in [6, 6.07) is 0.264. The van der Waals surface area contributed by atoms with Crippen LogP contribution < -0.4 is 11.1 Å². The molecule has 0 aliphatic carbocycles. The lowest BCUT2D eigenvalue weighted by molar-refractivity contribution is -0.649. The molecule has 1 aliphatic heterocycles. The van der Waals surface area contributed by atoms with Crippen LogP contribution in [-0.4, -0.2) is 30.3 Å². The van der Waals surface area contributed by atoms with Gasteiger partial charge in [0, 0.05) is 0 Å². The van der Waals surface area contributed by atoms with E-state index in [0.717, 1.165) is 13.1 Å². The lowest BCUT2D eigenvalue weighted by Crippen LogP contribution is -2.84. The van der Waals surface area contributed by atoms with Crippen molar-refractivity contribution in [2.45, 2.75) is 12.1 Å². The topological polar surface area (TPSA) is 64.5 Å². The molecule has 0 bridgehead atoms. The van der Waals surface area contributed by atoms with Gasteiger partial charge in [-0.2, -0.15) is 0 Å². The zero-order chi connectivity index (χ0) is 5.28. The summed E-state index contributed by atoms with van der Waals surface area (Å²) in [6.45, 7) is 1.83. The molecule has 0 aromatic carbocycles. The monoisotopic (exact) mass is 104 g/mol. The fourth-order valence-electron chi connectivity index (χ4n) is 0.831. The van der Waals surface area contributed by atoms with Crippen LogP contribution in [-0.2, 0) is 0 Å². The molecule has 6 N–H and O–H groups in total. The summed E-state index contributed by atoms with van der Waals surface area (Å²) in [4.78, 5) is 0. The number of hydrogen-bond acceptors (Lipinski definition) is 1. The van der Waals surface area contributed by atoms with E-state index in [4.69, 9.17) is 5.11 Å². The zero-order valence-corrected chi connectivity index (χ0v) is 4.30. The number of aliphatic hydroxyl groups is 1. The van der Waals surface area contributed by atoms with E-state index in [-0.39, 0.29) is 12.1 Å². The number of quaternary nitrogens is 2. The maximum absolute atomic E-state index is 8.90. The van der Waals surface area contributed by atoms with Gasteiger partial charge in [0.25, 0.3) is 0 Å². The van der Waals surface area contributed by atoms with Crippen LogP contribution in [0.1, 0.15) is 0 Å². The molecule has 0 aromatic heterocycles. The fraction of sp³-hybridized carbons (Fsp3) is 1.00. The largest absolute Gasteiger partial charge is 0.381 e.